The molecule has 2 atom stereocenters. The van der Waals surface area contributed by atoms with Crippen LogP contribution in [0.1, 0.15) is 5.56 Å². The maximum absolute atomic E-state index is 12.4. The summed E-state index contributed by atoms with van der Waals surface area (Å²) in [5.74, 6) is 0. The van der Waals surface area contributed by atoms with E-state index in [4.69, 9.17) is 0 Å². The Labute approximate surface area is 71.0 Å². The minimum atomic E-state index is -0.499. The Hall–Kier alpha value is 0.0100. The smallest absolute Gasteiger partial charge is 0.106 e. The first kappa shape index (κ1) is 9.10. The molecule has 1 aromatic carbocycles. The fraction of sp³-hybridized carbons (Fsp3) is 0.250. The van der Waals surface area contributed by atoms with Crippen LogP contribution in [0.4, 0.5) is 4.39 Å². The lowest BCUT2D eigenvalue weighted by molar-refractivity contribution is 0.471. The topological polar surface area (TPSA) is 0 Å². The Morgan fingerprint density at radius 3 is 2.18 bits per heavy atom. The third-order valence-electron chi connectivity index (χ3n) is 1.53. The van der Waals surface area contributed by atoms with Crippen LogP contribution in [-0.2, 0) is 4.90 Å². The van der Waals surface area contributed by atoms with Gasteiger partial charge in [-0.15, -0.1) is 18.5 Å². The normalized spacial score (nSPS) is 11.5. The second kappa shape index (κ2) is 3.61. The molecule has 0 spiro atoms. The lowest BCUT2D eigenvalue weighted by Crippen LogP contribution is -2.10. The van der Waals surface area contributed by atoms with Gasteiger partial charge in [0.25, 0.3) is 0 Å². The van der Waals surface area contributed by atoms with Crippen molar-refractivity contribution in [2.45, 2.75) is 4.90 Å². The van der Waals surface area contributed by atoms with Crippen molar-refractivity contribution in [2.24, 2.45) is 0 Å². The third kappa shape index (κ3) is 2.22. The fourth-order valence-corrected chi connectivity index (χ4v) is 1.21. The zero-order valence-corrected chi connectivity index (χ0v) is 8.44. The van der Waals surface area contributed by atoms with E-state index in [0.717, 1.165) is 5.56 Å². The van der Waals surface area contributed by atoms with Crippen molar-refractivity contribution >= 4 is 18.5 Å². The first-order chi connectivity index (χ1) is 5.17. The van der Waals surface area contributed by atoms with Gasteiger partial charge in [-0.25, -0.2) is 4.39 Å². The standard InChI is InChI=1S/C8H11FP2/c9-6-8(10,11)7-4-2-1-3-5-7/h1-5H,6,10-11H2. The molecule has 0 heterocycles. The zero-order valence-electron chi connectivity index (χ0n) is 6.13. The van der Waals surface area contributed by atoms with E-state index in [2.05, 4.69) is 18.5 Å². The molecule has 2 unspecified atom stereocenters. The minimum absolute atomic E-state index is 0.383. The van der Waals surface area contributed by atoms with E-state index in [1.165, 1.54) is 0 Å². The van der Waals surface area contributed by atoms with E-state index in [1.807, 2.05) is 30.3 Å². The molecule has 0 radical (unpaired) electrons. The summed E-state index contributed by atoms with van der Waals surface area (Å²) in [7, 11) is 4.99. The Morgan fingerprint density at radius 2 is 1.73 bits per heavy atom. The quantitative estimate of drug-likeness (QED) is 0.625. The molecular formula is C8H11FP2. The summed E-state index contributed by atoms with van der Waals surface area (Å²) in [5, 5.41) is 0. The molecule has 0 aliphatic carbocycles. The van der Waals surface area contributed by atoms with Crippen molar-refractivity contribution in [3.63, 3.8) is 0 Å². The van der Waals surface area contributed by atoms with Crippen molar-refractivity contribution in [3.05, 3.63) is 35.9 Å². The molecule has 60 valence electrons. The van der Waals surface area contributed by atoms with E-state index < -0.39 is 4.90 Å². The molecule has 1 rings (SSSR count). The van der Waals surface area contributed by atoms with Gasteiger partial charge in [0.05, 0.1) is 4.90 Å². The highest BCUT2D eigenvalue weighted by Gasteiger charge is 2.19. The number of benzene rings is 1. The largest absolute Gasteiger partial charge is 0.249 e. The first-order valence-corrected chi connectivity index (χ1v) is 4.51. The van der Waals surface area contributed by atoms with Crippen molar-refractivity contribution in [1.29, 1.82) is 0 Å². The van der Waals surface area contributed by atoms with Gasteiger partial charge in [0.2, 0.25) is 0 Å². The molecule has 1 aromatic rings. The highest BCUT2D eigenvalue weighted by molar-refractivity contribution is 7.39. The molecule has 0 saturated carbocycles. The fourth-order valence-electron chi connectivity index (χ4n) is 0.826. The van der Waals surface area contributed by atoms with Crippen LogP contribution < -0.4 is 0 Å². The summed E-state index contributed by atoms with van der Waals surface area (Å²) in [5.41, 5.74) is 0.984. The monoisotopic (exact) mass is 188 g/mol. The van der Waals surface area contributed by atoms with E-state index in [1.54, 1.807) is 0 Å². The Bertz CT molecular complexity index is 221. The van der Waals surface area contributed by atoms with Gasteiger partial charge in [0.1, 0.15) is 6.67 Å². The first-order valence-electron chi connectivity index (χ1n) is 3.36. The van der Waals surface area contributed by atoms with Crippen LogP contribution in [0.15, 0.2) is 30.3 Å². The van der Waals surface area contributed by atoms with Crippen LogP contribution in [0.3, 0.4) is 0 Å². The van der Waals surface area contributed by atoms with Crippen molar-refractivity contribution in [2.75, 3.05) is 6.67 Å². The Balaban J connectivity index is 2.93. The number of alkyl halides is 1. The SMILES string of the molecule is FCC(P)(P)c1ccccc1. The average molecular weight is 188 g/mol. The number of halogens is 1. The van der Waals surface area contributed by atoms with Crippen molar-refractivity contribution < 1.29 is 4.39 Å². The van der Waals surface area contributed by atoms with Gasteiger partial charge < -0.3 is 0 Å². The molecule has 11 heavy (non-hydrogen) atoms. The highest BCUT2D eigenvalue weighted by atomic mass is 31.1. The summed E-state index contributed by atoms with van der Waals surface area (Å²) in [4.78, 5) is -0.499. The summed E-state index contributed by atoms with van der Waals surface area (Å²) in [6.07, 6.45) is 0. The predicted molar refractivity (Wildman–Crippen MR) is 53.5 cm³/mol. The van der Waals surface area contributed by atoms with Gasteiger partial charge in [-0.3, -0.25) is 0 Å². The van der Waals surface area contributed by atoms with Gasteiger partial charge in [0, 0.05) is 0 Å². The van der Waals surface area contributed by atoms with E-state index in [9.17, 15) is 4.39 Å². The van der Waals surface area contributed by atoms with Crippen LogP contribution in [0.5, 0.6) is 0 Å². The van der Waals surface area contributed by atoms with Gasteiger partial charge in [-0.1, -0.05) is 30.3 Å². The summed E-state index contributed by atoms with van der Waals surface area (Å²) >= 11 is 0. The number of hydrogen-bond acceptors (Lipinski definition) is 0. The van der Waals surface area contributed by atoms with Gasteiger partial charge >= 0.3 is 0 Å². The van der Waals surface area contributed by atoms with Crippen LogP contribution in [0, 0.1) is 0 Å². The van der Waals surface area contributed by atoms with Crippen molar-refractivity contribution in [1.82, 2.24) is 0 Å². The molecule has 3 heteroatoms. The highest BCUT2D eigenvalue weighted by Crippen LogP contribution is 2.38. The molecule has 0 aromatic heterocycles. The molecule has 0 nitrogen and oxygen atoms in total. The summed E-state index contributed by atoms with van der Waals surface area (Å²) in [6, 6.07) is 9.58. The second-order valence-corrected chi connectivity index (χ2v) is 5.27. The number of rotatable bonds is 2. The molecule has 0 bridgehead atoms. The summed E-state index contributed by atoms with van der Waals surface area (Å²) < 4.78 is 12.4. The maximum atomic E-state index is 12.4. The van der Waals surface area contributed by atoms with Gasteiger partial charge in [-0.2, -0.15) is 0 Å². The molecular weight excluding hydrogens is 177 g/mol. The molecule has 0 aliphatic rings. The predicted octanol–water partition coefficient (Wildman–Crippen LogP) is 2.56. The molecule has 0 amide bonds. The van der Waals surface area contributed by atoms with Crippen LogP contribution in [0.2, 0.25) is 0 Å². The van der Waals surface area contributed by atoms with Crippen LogP contribution >= 0.6 is 18.5 Å². The molecule has 0 aliphatic heterocycles. The van der Waals surface area contributed by atoms with Crippen molar-refractivity contribution in [3.8, 4) is 0 Å². The lowest BCUT2D eigenvalue weighted by atomic mass is 10.1. The maximum Gasteiger partial charge on any atom is 0.106 e. The van der Waals surface area contributed by atoms with Gasteiger partial charge in [0.15, 0.2) is 0 Å². The molecule has 0 N–H and O–H groups in total. The van der Waals surface area contributed by atoms with Gasteiger partial charge in [-0.05, 0) is 5.56 Å². The average Bonchev–Trinajstić information content (AvgIpc) is 2.06. The van der Waals surface area contributed by atoms with Crippen LogP contribution in [0.25, 0.3) is 0 Å². The van der Waals surface area contributed by atoms with E-state index in [-0.39, 0.29) is 6.67 Å². The van der Waals surface area contributed by atoms with E-state index >= 15 is 0 Å². The number of hydrogen-bond donors (Lipinski definition) is 0. The Kier molecular flexibility index (Phi) is 2.98. The van der Waals surface area contributed by atoms with Crippen LogP contribution in [-0.4, -0.2) is 6.67 Å². The lowest BCUT2D eigenvalue weighted by Gasteiger charge is -2.19. The third-order valence-corrected chi connectivity index (χ3v) is 2.51. The zero-order chi connectivity index (χ0) is 8.32. The molecule has 0 saturated heterocycles. The molecule has 0 fully saturated rings. The minimum Gasteiger partial charge on any atom is -0.249 e. The van der Waals surface area contributed by atoms with E-state index in [0.29, 0.717) is 0 Å². The Morgan fingerprint density at radius 1 is 1.18 bits per heavy atom. The summed E-state index contributed by atoms with van der Waals surface area (Å²) in [6.45, 7) is -0.383. The second-order valence-electron chi connectivity index (χ2n) is 2.54.